The van der Waals surface area contributed by atoms with Gasteiger partial charge in [-0.05, 0) is 19.8 Å². The number of nitriles is 1. The zero-order valence-corrected chi connectivity index (χ0v) is 7.21. The summed E-state index contributed by atoms with van der Waals surface area (Å²) in [6, 6.07) is 1.78. The van der Waals surface area contributed by atoms with E-state index >= 15 is 0 Å². The maximum atomic E-state index is 11.3. The minimum atomic E-state index is -1.46. The average Bonchev–Trinajstić information content (AvgIpc) is 2.05. The number of rotatable bonds is 1. The van der Waals surface area contributed by atoms with Crippen LogP contribution in [0.3, 0.4) is 0 Å². The van der Waals surface area contributed by atoms with Gasteiger partial charge in [0, 0.05) is 6.42 Å². The predicted octanol–water partition coefficient (Wildman–Crippen LogP) is 1.02. The number of hydrogen-bond acceptors (Lipinski definition) is 3. The molecule has 0 aromatic rings. The lowest BCUT2D eigenvalue weighted by Crippen LogP contribution is -2.39. The normalized spacial score (nSPS) is 29.1. The van der Waals surface area contributed by atoms with E-state index in [1.165, 1.54) is 6.92 Å². The fourth-order valence-electron chi connectivity index (χ4n) is 1.66. The molecule has 66 valence electrons. The second kappa shape index (κ2) is 3.24. The Morgan fingerprint density at radius 1 is 1.67 bits per heavy atom. The van der Waals surface area contributed by atoms with E-state index in [4.69, 9.17) is 5.26 Å². The van der Waals surface area contributed by atoms with Crippen LogP contribution in [-0.2, 0) is 4.79 Å². The molecule has 1 N–H and O–H groups in total. The van der Waals surface area contributed by atoms with Gasteiger partial charge in [-0.2, -0.15) is 5.26 Å². The summed E-state index contributed by atoms with van der Waals surface area (Å²) < 4.78 is 0. The Bertz CT molecular complexity index is 227. The van der Waals surface area contributed by atoms with Crippen LogP contribution in [0.15, 0.2) is 0 Å². The van der Waals surface area contributed by atoms with E-state index in [9.17, 15) is 9.90 Å². The zero-order valence-electron chi connectivity index (χ0n) is 7.21. The van der Waals surface area contributed by atoms with Crippen LogP contribution in [-0.4, -0.2) is 16.5 Å². The van der Waals surface area contributed by atoms with Gasteiger partial charge in [0.15, 0.2) is 5.60 Å². The first-order valence-corrected chi connectivity index (χ1v) is 4.24. The van der Waals surface area contributed by atoms with Gasteiger partial charge in [-0.3, -0.25) is 4.79 Å². The minimum absolute atomic E-state index is 0.0350. The van der Waals surface area contributed by atoms with Gasteiger partial charge in [0.2, 0.25) is 0 Å². The number of hydrogen-bond donors (Lipinski definition) is 1. The van der Waals surface area contributed by atoms with Crippen molar-refractivity contribution in [3.63, 3.8) is 0 Å². The molecule has 1 rings (SSSR count). The highest BCUT2D eigenvalue weighted by Crippen LogP contribution is 2.29. The van der Waals surface area contributed by atoms with Crippen LogP contribution in [0.2, 0.25) is 0 Å². The molecule has 12 heavy (non-hydrogen) atoms. The Morgan fingerprint density at radius 2 is 2.33 bits per heavy atom. The molecule has 0 aromatic carbocycles. The molecule has 1 aliphatic carbocycles. The molecule has 0 spiro atoms. The number of ketones is 1. The third-order valence-corrected chi connectivity index (χ3v) is 2.46. The monoisotopic (exact) mass is 167 g/mol. The molecule has 1 fully saturated rings. The maximum Gasteiger partial charge on any atom is 0.157 e. The molecule has 0 radical (unpaired) electrons. The van der Waals surface area contributed by atoms with E-state index in [1.807, 2.05) is 0 Å². The van der Waals surface area contributed by atoms with Crippen molar-refractivity contribution >= 4 is 5.78 Å². The summed E-state index contributed by atoms with van der Waals surface area (Å²) in [6.07, 6.45) is 3.01. The maximum absolute atomic E-state index is 11.3. The van der Waals surface area contributed by atoms with E-state index in [0.717, 1.165) is 12.8 Å². The first kappa shape index (κ1) is 9.21. The lowest BCUT2D eigenvalue weighted by atomic mass is 9.78. The van der Waals surface area contributed by atoms with Crippen LogP contribution < -0.4 is 0 Å². The Kier molecular flexibility index (Phi) is 2.49. The molecule has 2 atom stereocenters. The van der Waals surface area contributed by atoms with Crippen LogP contribution in [0.1, 0.15) is 32.6 Å². The van der Waals surface area contributed by atoms with Gasteiger partial charge in [-0.15, -0.1) is 0 Å². The van der Waals surface area contributed by atoms with E-state index in [2.05, 4.69) is 0 Å². The Balaban J connectivity index is 2.73. The first-order valence-electron chi connectivity index (χ1n) is 4.24. The highest BCUT2D eigenvalue weighted by atomic mass is 16.3. The van der Waals surface area contributed by atoms with Crippen LogP contribution in [0.5, 0.6) is 0 Å². The van der Waals surface area contributed by atoms with Gasteiger partial charge >= 0.3 is 0 Å². The third kappa shape index (κ3) is 1.64. The van der Waals surface area contributed by atoms with Crippen molar-refractivity contribution in [1.29, 1.82) is 5.26 Å². The highest BCUT2D eigenvalue weighted by Gasteiger charge is 2.38. The minimum Gasteiger partial charge on any atom is -0.375 e. The fourth-order valence-corrected chi connectivity index (χ4v) is 1.66. The van der Waals surface area contributed by atoms with Crippen molar-refractivity contribution in [2.75, 3.05) is 0 Å². The van der Waals surface area contributed by atoms with E-state index in [0.29, 0.717) is 12.8 Å². The summed E-state index contributed by atoms with van der Waals surface area (Å²) in [5.41, 5.74) is -1.46. The molecule has 3 heteroatoms. The molecule has 1 aliphatic rings. The average molecular weight is 167 g/mol. The largest absolute Gasteiger partial charge is 0.375 e. The topological polar surface area (TPSA) is 61.1 Å². The third-order valence-electron chi connectivity index (χ3n) is 2.46. The molecule has 0 unspecified atom stereocenters. The number of carbonyl (C=O) groups is 1. The van der Waals surface area contributed by atoms with Crippen LogP contribution in [0.25, 0.3) is 0 Å². The summed E-state index contributed by atoms with van der Waals surface area (Å²) in [4.78, 5) is 11.3. The molecule has 0 heterocycles. The molecule has 0 amide bonds. The van der Waals surface area contributed by atoms with Gasteiger partial charge in [-0.1, -0.05) is 6.42 Å². The van der Waals surface area contributed by atoms with Crippen molar-refractivity contribution in [1.82, 2.24) is 0 Å². The summed E-state index contributed by atoms with van der Waals surface area (Å²) in [6.45, 7) is 1.42. The van der Waals surface area contributed by atoms with Gasteiger partial charge in [0.25, 0.3) is 0 Å². The molecule has 1 saturated carbocycles. The molecule has 0 bridgehead atoms. The van der Waals surface area contributed by atoms with Gasteiger partial charge in [0.05, 0.1) is 12.0 Å². The van der Waals surface area contributed by atoms with Crippen molar-refractivity contribution in [2.45, 2.75) is 38.2 Å². The predicted molar refractivity (Wildman–Crippen MR) is 43.2 cm³/mol. The molecule has 3 nitrogen and oxygen atoms in total. The standard InChI is InChI=1S/C9H13NO2/c1-9(12,6-10)7-4-2-3-5-8(7)11/h7,12H,2-5H2,1H3/t7-,9+/m0/s1. The summed E-state index contributed by atoms with van der Waals surface area (Å²) in [5, 5.41) is 18.1. The Morgan fingerprint density at radius 3 is 2.83 bits per heavy atom. The molecular weight excluding hydrogens is 154 g/mol. The van der Waals surface area contributed by atoms with Gasteiger partial charge in [-0.25, -0.2) is 0 Å². The summed E-state index contributed by atoms with van der Waals surface area (Å²) >= 11 is 0. The summed E-state index contributed by atoms with van der Waals surface area (Å²) in [5.74, 6) is -0.427. The van der Waals surface area contributed by atoms with Crippen LogP contribution >= 0.6 is 0 Å². The van der Waals surface area contributed by atoms with E-state index < -0.39 is 11.5 Å². The lowest BCUT2D eigenvalue weighted by Gasteiger charge is -2.28. The Labute approximate surface area is 72.0 Å². The first-order chi connectivity index (χ1) is 5.58. The smallest absolute Gasteiger partial charge is 0.157 e. The SMILES string of the molecule is C[C@@](O)(C#N)[C@H]1CCCCC1=O. The Hall–Kier alpha value is -0.880. The lowest BCUT2D eigenvalue weighted by molar-refractivity contribution is -0.130. The van der Waals surface area contributed by atoms with Crippen molar-refractivity contribution < 1.29 is 9.90 Å². The van der Waals surface area contributed by atoms with Crippen molar-refractivity contribution in [2.24, 2.45) is 5.92 Å². The number of aliphatic hydroxyl groups is 1. The van der Waals surface area contributed by atoms with Gasteiger partial charge < -0.3 is 5.11 Å². The van der Waals surface area contributed by atoms with Crippen LogP contribution in [0.4, 0.5) is 0 Å². The van der Waals surface area contributed by atoms with E-state index in [1.54, 1.807) is 6.07 Å². The van der Waals surface area contributed by atoms with Crippen molar-refractivity contribution in [3.8, 4) is 6.07 Å². The second-order valence-electron chi connectivity index (χ2n) is 3.52. The van der Waals surface area contributed by atoms with Gasteiger partial charge in [0.1, 0.15) is 5.78 Å². The highest BCUT2D eigenvalue weighted by molar-refractivity contribution is 5.83. The molecule has 0 aromatic heterocycles. The number of Topliss-reactive ketones (excluding diaryl/α,β-unsaturated/α-hetero) is 1. The molecule has 0 aliphatic heterocycles. The quantitative estimate of drug-likeness (QED) is 0.593. The molecule has 0 saturated heterocycles. The van der Waals surface area contributed by atoms with Crippen molar-refractivity contribution in [3.05, 3.63) is 0 Å². The zero-order chi connectivity index (χ0) is 9.19. The molecular formula is C9H13NO2. The van der Waals surface area contributed by atoms with Crippen LogP contribution in [0, 0.1) is 17.2 Å². The number of nitrogens with zero attached hydrogens (tertiary/aromatic N) is 1. The number of carbonyl (C=O) groups excluding carboxylic acids is 1. The van der Waals surface area contributed by atoms with E-state index in [-0.39, 0.29) is 5.78 Å². The second-order valence-corrected chi connectivity index (χ2v) is 3.52. The fraction of sp³-hybridized carbons (Fsp3) is 0.778. The summed E-state index contributed by atoms with van der Waals surface area (Å²) in [7, 11) is 0.